The van der Waals surface area contributed by atoms with E-state index in [2.05, 4.69) is 9.82 Å². The van der Waals surface area contributed by atoms with E-state index in [1.54, 1.807) is 53.2 Å². The molecular formula is C19H21N3O3S. The second-order valence-corrected chi connectivity index (χ2v) is 7.67. The summed E-state index contributed by atoms with van der Waals surface area (Å²) in [5.74, 6) is 0.479. The van der Waals surface area contributed by atoms with E-state index in [4.69, 9.17) is 4.74 Å². The number of benzene rings is 2. The van der Waals surface area contributed by atoms with Crippen LogP contribution in [0.25, 0.3) is 0 Å². The largest absolute Gasteiger partial charge is 0.489 e. The van der Waals surface area contributed by atoms with Gasteiger partial charge in [0, 0.05) is 6.20 Å². The summed E-state index contributed by atoms with van der Waals surface area (Å²) in [5.41, 5.74) is 2.35. The number of sulfonamides is 1. The third kappa shape index (κ3) is 4.43. The molecule has 0 radical (unpaired) electrons. The predicted octanol–water partition coefficient (Wildman–Crippen LogP) is 3.38. The Morgan fingerprint density at radius 1 is 1.04 bits per heavy atom. The van der Waals surface area contributed by atoms with Crippen LogP contribution >= 0.6 is 0 Å². The van der Waals surface area contributed by atoms with Crippen molar-refractivity contribution in [2.24, 2.45) is 0 Å². The van der Waals surface area contributed by atoms with Gasteiger partial charge in [0.15, 0.2) is 0 Å². The number of nitrogens with zero attached hydrogens (tertiary/aromatic N) is 2. The third-order valence-electron chi connectivity index (χ3n) is 3.81. The number of ether oxygens (including phenoxy) is 1. The van der Waals surface area contributed by atoms with Gasteiger partial charge in [-0.1, -0.05) is 29.8 Å². The average Bonchev–Trinajstić information content (AvgIpc) is 3.02. The zero-order valence-corrected chi connectivity index (χ0v) is 15.5. The summed E-state index contributed by atoms with van der Waals surface area (Å²) in [6, 6.07) is 15.6. The fourth-order valence-electron chi connectivity index (χ4n) is 2.43. The first kappa shape index (κ1) is 18.0. The predicted molar refractivity (Wildman–Crippen MR) is 101 cm³/mol. The first-order chi connectivity index (χ1) is 12.4. The number of rotatable bonds is 7. The van der Waals surface area contributed by atoms with Crippen LogP contribution in [-0.2, 0) is 16.6 Å². The summed E-state index contributed by atoms with van der Waals surface area (Å²) >= 11 is 0. The van der Waals surface area contributed by atoms with E-state index in [1.807, 2.05) is 26.1 Å². The van der Waals surface area contributed by atoms with E-state index in [1.165, 1.54) is 0 Å². The highest BCUT2D eigenvalue weighted by molar-refractivity contribution is 7.92. The van der Waals surface area contributed by atoms with Crippen LogP contribution in [0.4, 0.5) is 5.69 Å². The molecule has 1 N–H and O–H groups in total. The van der Waals surface area contributed by atoms with Crippen LogP contribution in [0.1, 0.15) is 11.3 Å². The fraction of sp³-hybridized carbons (Fsp3) is 0.211. The van der Waals surface area contributed by atoms with Crippen molar-refractivity contribution in [1.82, 2.24) is 9.78 Å². The molecule has 3 aromatic rings. The Labute approximate surface area is 153 Å². The molecule has 0 spiro atoms. The van der Waals surface area contributed by atoms with E-state index in [0.29, 0.717) is 24.6 Å². The third-order valence-corrected chi connectivity index (χ3v) is 5.20. The van der Waals surface area contributed by atoms with Gasteiger partial charge in [-0.2, -0.15) is 5.10 Å². The maximum absolute atomic E-state index is 12.6. The number of para-hydroxylation sites is 2. The second kappa shape index (κ2) is 7.61. The van der Waals surface area contributed by atoms with Crippen molar-refractivity contribution < 1.29 is 13.2 Å². The van der Waals surface area contributed by atoms with Gasteiger partial charge in [0.05, 0.1) is 22.8 Å². The molecule has 1 aromatic heterocycles. The first-order valence-corrected chi connectivity index (χ1v) is 9.74. The summed E-state index contributed by atoms with van der Waals surface area (Å²) in [5, 5.41) is 4.30. The highest BCUT2D eigenvalue weighted by atomic mass is 32.2. The van der Waals surface area contributed by atoms with Gasteiger partial charge < -0.3 is 4.74 Å². The highest BCUT2D eigenvalue weighted by Crippen LogP contribution is 2.26. The van der Waals surface area contributed by atoms with Crippen LogP contribution in [0.3, 0.4) is 0 Å². The van der Waals surface area contributed by atoms with Gasteiger partial charge in [-0.3, -0.25) is 9.40 Å². The zero-order chi connectivity index (χ0) is 18.6. The molecule has 2 aromatic carbocycles. The van der Waals surface area contributed by atoms with Crippen molar-refractivity contribution in [2.45, 2.75) is 25.3 Å². The molecule has 6 nitrogen and oxygen atoms in total. The van der Waals surface area contributed by atoms with Crippen molar-refractivity contribution in [3.63, 3.8) is 0 Å². The van der Waals surface area contributed by atoms with E-state index in [-0.39, 0.29) is 4.90 Å². The molecule has 0 bridgehead atoms. The average molecular weight is 371 g/mol. The molecule has 7 heteroatoms. The quantitative estimate of drug-likeness (QED) is 0.691. The summed E-state index contributed by atoms with van der Waals surface area (Å²) in [7, 11) is -3.67. The molecule has 0 aliphatic rings. The van der Waals surface area contributed by atoms with Crippen molar-refractivity contribution >= 4 is 15.7 Å². The maximum Gasteiger partial charge on any atom is 0.262 e. The second-order valence-electron chi connectivity index (χ2n) is 5.98. The SMILES string of the molecule is Cc1ccc(S(=O)(=O)Nc2ccccc2OCCn2ccc(C)n2)cc1. The van der Waals surface area contributed by atoms with Crippen molar-refractivity contribution in [3.8, 4) is 5.75 Å². The minimum Gasteiger partial charge on any atom is -0.489 e. The van der Waals surface area contributed by atoms with Crippen LogP contribution < -0.4 is 9.46 Å². The standard InChI is InChI=1S/C19H21N3O3S/c1-15-7-9-17(10-8-15)26(23,24)21-18-5-3-4-6-19(18)25-14-13-22-12-11-16(2)20-22/h3-12,21H,13-14H2,1-2H3. The summed E-state index contributed by atoms with van der Waals surface area (Å²) < 4.78 is 35.3. The maximum atomic E-state index is 12.6. The van der Waals surface area contributed by atoms with Gasteiger partial charge >= 0.3 is 0 Å². The smallest absolute Gasteiger partial charge is 0.262 e. The monoisotopic (exact) mass is 371 g/mol. The molecule has 0 amide bonds. The summed E-state index contributed by atoms with van der Waals surface area (Å²) in [4.78, 5) is 0.213. The van der Waals surface area contributed by atoms with E-state index >= 15 is 0 Å². The minimum atomic E-state index is -3.67. The molecule has 0 saturated heterocycles. The Hall–Kier alpha value is -2.80. The van der Waals surface area contributed by atoms with Gasteiger partial charge in [0.25, 0.3) is 10.0 Å². The van der Waals surface area contributed by atoms with E-state index in [9.17, 15) is 8.42 Å². The van der Waals surface area contributed by atoms with Crippen LogP contribution in [-0.4, -0.2) is 24.8 Å². The Kier molecular flexibility index (Phi) is 5.27. The van der Waals surface area contributed by atoms with Gasteiger partial charge in [-0.05, 0) is 44.2 Å². The van der Waals surface area contributed by atoms with Crippen LogP contribution in [0.2, 0.25) is 0 Å². The van der Waals surface area contributed by atoms with Gasteiger partial charge in [-0.15, -0.1) is 0 Å². The number of anilines is 1. The molecule has 0 atom stereocenters. The van der Waals surface area contributed by atoms with Gasteiger partial charge in [0.2, 0.25) is 0 Å². The Bertz CT molecular complexity index is 979. The first-order valence-electron chi connectivity index (χ1n) is 8.25. The Morgan fingerprint density at radius 3 is 2.46 bits per heavy atom. The van der Waals surface area contributed by atoms with Gasteiger partial charge in [-0.25, -0.2) is 8.42 Å². The van der Waals surface area contributed by atoms with Crippen LogP contribution in [0.15, 0.2) is 65.7 Å². The molecule has 0 saturated carbocycles. The summed E-state index contributed by atoms with van der Waals surface area (Å²) in [6.45, 7) is 4.79. The molecule has 0 unspecified atom stereocenters. The molecule has 136 valence electrons. The van der Waals surface area contributed by atoms with Gasteiger partial charge in [0.1, 0.15) is 12.4 Å². The topological polar surface area (TPSA) is 73.2 Å². The molecule has 26 heavy (non-hydrogen) atoms. The van der Waals surface area contributed by atoms with E-state index in [0.717, 1.165) is 11.3 Å². The lowest BCUT2D eigenvalue weighted by Gasteiger charge is -2.14. The molecule has 0 aliphatic carbocycles. The Morgan fingerprint density at radius 2 is 1.77 bits per heavy atom. The van der Waals surface area contributed by atoms with E-state index < -0.39 is 10.0 Å². The lowest BCUT2D eigenvalue weighted by molar-refractivity contribution is 0.292. The fourth-order valence-corrected chi connectivity index (χ4v) is 3.51. The number of hydrogen-bond acceptors (Lipinski definition) is 4. The van der Waals surface area contributed by atoms with Crippen LogP contribution in [0.5, 0.6) is 5.75 Å². The normalized spacial score (nSPS) is 11.3. The number of hydrogen-bond donors (Lipinski definition) is 1. The molecule has 0 fully saturated rings. The lowest BCUT2D eigenvalue weighted by Crippen LogP contribution is -2.15. The Balaban J connectivity index is 1.71. The number of aryl methyl sites for hydroxylation is 2. The number of aromatic nitrogens is 2. The zero-order valence-electron chi connectivity index (χ0n) is 14.7. The molecule has 1 heterocycles. The minimum absolute atomic E-state index is 0.213. The highest BCUT2D eigenvalue weighted by Gasteiger charge is 2.16. The van der Waals surface area contributed by atoms with Crippen molar-refractivity contribution in [3.05, 3.63) is 72.1 Å². The summed E-state index contributed by atoms with van der Waals surface area (Å²) in [6.07, 6.45) is 1.88. The van der Waals surface area contributed by atoms with Crippen LogP contribution in [0, 0.1) is 13.8 Å². The number of nitrogens with one attached hydrogen (secondary N) is 1. The van der Waals surface area contributed by atoms with Crippen molar-refractivity contribution in [2.75, 3.05) is 11.3 Å². The van der Waals surface area contributed by atoms with Crippen molar-refractivity contribution in [1.29, 1.82) is 0 Å². The lowest BCUT2D eigenvalue weighted by atomic mass is 10.2. The molecule has 3 rings (SSSR count). The molecular weight excluding hydrogens is 350 g/mol. The molecule has 0 aliphatic heterocycles.